The normalized spacial score (nSPS) is 14.7. The minimum absolute atomic E-state index is 0.0823. The van der Waals surface area contributed by atoms with Crippen molar-refractivity contribution in [3.63, 3.8) is 0 Å². The zero-order valence-electron chi connectivity index (χ0n) is 10.7. The Kier molecular flexibility index (Phi) is 4.59. The largest absolute Gasteiger partial charge is 0.269 e. The number of hydrogen-bond acceptors (Lipinski definition) is 2. The van der Waals surface area contributed by atoms with Gasteiger partial charge in [-0.15, -0.1) is 0 Å². The topological polar surface area (TPSA) is 43.1 Å². The van der Waals surface area contributed by atoms with Gasteiger partial charge in [0, 0.05) is 23.6 Å². The van der Waals surface area contributed by atoms with Gasteiger partial charge >= 0.3 is 0 Å². The zero-order chi connectivity index (χ0) is 13.5. The second-order valence-corrected chi connectivity index (χ2v) is 4.66. The molecule has 0 radical (unpaired) electrons. The van der Waals surface area contributed by atoms with Crippen LogP contribution in [0.1, 0.15) is 37.7 Å². The van der Waals surface area contributed by atoms with Crippen LogP contribution in [-0.4, -0.2) is 4.92 Å². The van der Waals surface area contributed by atoms with Crippen LogP contribution in [0.4, 0.5) is 5.69 Å². The van der Waals surface area contributed by atoms with Gasteiger partial charge in [0.1, 0.15) is 0 Å². The highest BCUT2D eigenvalue weighted by Crippen LogP contribution is 2.22. The molecule has 0 amide bonds. The predicted molar refractivity (Wildman–Crippen MR) is 74.3 cm³/mol. The minimum Gasteiger partial charge on any atom is -0.258 e. The second-order valence-electron chi connectivity index (χ2n) is 4.66. The van der Waals surface area contributed by atoms with E-state index in [9.17, 15) is 10.1 Å². The van der Waals surface area contributed by atoms with Crippen molar-refractivity contribution in [2.24, 2.45) is 5.92 Å². The van der Waals surface area contributed by atoms with E-state index in [0.717, 1.165) is 5.56 Å². The molecule has 1 saturated carbocycles. The Balaban J connectivity index is 1.96. The van der Waals surface area contributed by atoms with Crippen molar-refractivity contribution >= 4 is 5.69 Å². The quantitative estimate of drug-likeness (QED) is 0.436. The Morgan fingerprint density at radius 1 is 1.05 bits per heavy atom. The van der Waals surface area contributed by atoms with Crippen molar-refractivity contribution in [2.75, 3.05) is 0 Å². The summed E-state index contributed by atoms with van der Waals surface area (Å²) < 4.78 is 0. The van der Waals surface area contributed by atoms with Crippen LogP contribution in [0, 0.1) is 39.7 Å². The molecule has 96 valence electrons. The van der Waals surface area contributed by atoms with Crippen LogP contribution < -0.4 is 0 Å². The summed E-state index contributed by atoms with van der Waals surface area (Å²) in [7, 11) is 0. The molecule has 0 aromatic heterocycles. The molecule has 0 N–H and O–H groups in total. The molecule has 3 nitrogen and oxygen atoms in total. The van der Waals surface area contributed by atoms with E-state index in [1.807, 2.05) is 0 Å². The third-order valence-corrected chi connectivity index (χ3v) is 3.23. The molecule has 3 heteroatoms. The molecule has 0 aliphatic heterocycles. The maximum atomic E-state index is 10.5. The molecular formula is C16H15NO2. The van der Waals surface area contributed by atoms with E-state index in [1.165, 1.54) is 44.2 Å². The second kappa shape index (κ2) is 6.61. The van der Waals surface area contributed by atoms with Gasteiger partial charge in [-0.25, -0.2) is 0 Å². The Bertz CT molecular complexity index is 561. The van der Waals surface area contributed by atoms with Crippen LogP contribution in [-0.2, 0) is 0 Å². The summed E-state index contributed by atoms with van der Waals surface area (Å²) in [6.07, 6.45) is 6.25. The maximum Gasteiger partial charge on any atom is 0.269 e. The molecule has 0 spiro atoms. The monoisotopic (exact) mass is 253 g/mol. The van der Waals surface area contributed by atoms with Crippen molar-refractivity contribution in [3.05, 3.63) is 39.9 Å². The zero-order valence-corrected chi connectivity index (χ0v) is 10.7. The molecule has 1 aromatic rings. The molecule has 0 heterocycles. The number of nitrogens with zero attached hydrogens (tertiary/aromatic N) is 1. The van der Waals surface area contributed by atoms with Gasteiger partial charge in [-0.05, 0) is 36.8 Å². The Morgan fingerprint density at radius 2 is 1.74 bits per heavy atom. The number of benzene rings is 1. The highest BCUT2D eigenvalue weighted by atomic mass is 16.6. The molecule has 0 atom stereocenters. The van der Waals surface area contributed by atoms with Gasteiger partial charge in [-0.3, -0.25) is 10.1 Å². The number of nitro benzene ring substituents is 1. The average molecular weight is 253 g/mol. The van der Waals surface area contributed by atoms with Gasteiger partial charge < -0.3 is 0 Å². The first-order valence-corrected chi connectivity index (χ1v) is 6.52. The standard InChI is InChI=1S/C16H15NO2/c18-17(19)16-12-10-15(11-13-16)9-5-4-8-14-6-2-1-3-7-14/h10-14H,1-3,6-7H2. The number of rotatable bonds is 1. The highest BCUT2D eigenvalue weighted by molar-refractivity contribution is 5.44. The highest BCUT2D eigenvalue weighted by Gasteiger charge is 2.09. The number of non-ortho nitro benzene ring substituents is 1. The average Bonchev–Trinajstić information content (AvgIpc) is 2.45. The molecule has 0 unspecified atom stereocenters. The van der Waals surface area contributed by atoms with Crippen LogP contribution >= 0.6 is 0 Å². The summed E-state index contributed by atoms with van der Waals surface area (Å²) >= 11 is 0. The summed E-state index contributed by atoms with van der Waals surface area (Å²) in [5, 5.41) is 10.5. The summed E-state index contributed by atoms with van der Waals surface area (Å²) in [4.78, 5) is 10.1. The lowest BCUT2D eigenvalue weighted by Crippen LogP contribution is -2.02. The molecular weight excluding hydrogens is 238 g/mol. The van der Waals surface area contributed by atoms with Crippen molar-refractivity contribution < 1.29 is 4.92 Å². The SMILES string of the molecule is O=[N+]([O-])c1ccc(C#CC#CC2CCCCC2)cc1. The van der Waals surface area contributed by atoms with Crippen molar-refractivity contribution in [1.29, 1.82) is 0 Å². The van der Waals surface area contributed by atoms with E-state index >= 15 is 0 Å². The molecule has 1 fully saturated rings. The van der Waals surface area contributed by atoms with Gasteiger partial charge in [-0.2, -0.15) is 0 Å². The molecule has 2 rings (SSSR count). The van der Waals surface area contributed by atoms with E-state index < -0.39 is 4.92 Å². The number of hydrogen-bond donors (Lipinski definition) is 0. The predicted octanol–water partition coefficient (Wildman–Crippen LogP) is 3.53. The maximum absolute atomic E-state index is 10.5. The minimum atomic E-state index is -0.417. The first-order valence-electron chi connectivity index (χ1n) is 6.52. The number of nitro groups is 1. The molecule has 19 heavy (non-hydrogen) atoms. The molecule has 0 bridgehead atoms. The van der Waals surface area contributed by atoms with E-state index in [0.29, 0.717) is 5.92 Å². The molecule has 1 aliphatic carbocycles. The Morgan fingerprint density at radius 3 is 2.37 bits per heavy atom. The third kappa shape index (κ3) is 4.16. The molecule has 0 saturated heterocycles. The van der Waals surface area contributed by atoms with E-state index in [-0.39, 0.29) is 5.69 Å². The van der Waals surface area contributed by atoms with Crippen molar-refractivity contribution in [1.82, 2.24) is 0 Å². The van der Waals surface area contributed by atoms with Crippen LogP contribution in [0.2, 0.25) is 0 Å². The molecule has 1 aromatic carbocycles. The fraction of sp³-hybridized carbons (Fsp3) is 0.375. The lowest BCUT2D eigenvalue weighted by Gasteiger charge is -2.15. The summed E-state index contributed by atoms with van der Waals surface area (Å²) in [5.74, 6) is 12.3. The van der Waals surface area contributed by atoms with Gasteiger partial charge in [0.25, 0.3) is 5.69 Å². The summed E-state index contributed by atoms with van der Waals surface area (Å²) in [6, 6.07) is 6.21. The van der Waals surface area contributed by atoms with Crippen LogP contribution in [0.3, 0.4) is 0 Å². The van der Waals surface area contributed by atoms with Gasteiger partial charge in [-0.1, -0.05) is 31.1 Å². The van der Waals surface area contributed by atoms with Crippen LogP contribution in [0.25, 0.3) is 0 Å². The van der Waals surface area contributed by atoms with Gasteiger partial charge in [0.2, 0.25) is 0 Å². The van der Waals surface area contributed by atoms with Crippen LogP contribution in [0.5, 0.6) is 0 Å². The van der Waals surface area contributed by atoms with E-state index in [1.54, 1.807) is 12.1 Å². The third-order valence-electron chi connectivity index (χ3n) is 3.23. The molecule has 1 aliphatic rings. The Hall–Kier alpha value is -2.26. The smallest absolute Gasteiger partial charge is 0.258 e. The van der Waals surface area contributed by atoms with Gasteiger partial charge in [0.05, 0.1) is 4.92 Å². The van der Waals surface area contributed by atoms with E-state index in [2.05, 4.69) is 23.7 Å². The van der Waals surface area contributed by atoms with E-state index in [4.69, 9.17) is 0 Å². The van der Waals surface area contributed by atoms with Crippen molar-refractivity contribution in [3.8, 4) is 23.7 Å². The lowest BCUT2D eigenvalue weighted by atomic mass is 9.90. The lowest BCUT2D eigenvalue weighted by molar-refractivity contribution is -0.384. The Labute approximate surface area is 113 Å². The van der Waals surface area contributed by atoms with Crippen LogP contribution in [0.15, 0.2) is 24.3 Å². The first kappa shape index (κ1) is 13.2. The van der Waals surface area contributed by atoms with Gasteiger partial charge in [0.15, 0.2) is 0 Å². The first-order chi connectivity index (χ1) is 9.25. The van der Waals surface area contributed by atoms with Crippen molar-refractivity contribution in [2.45, 2.75) is 32.1 Å². The summed E-state index contributed by atoms with van der Waals surface area (Å²) in [6.45, 7) is 0. The fourth-order valence-electron chi connectivity index (χ4n) is 2.15. The fourth-order valence-corrected chi connectivity index (χ4v) is 2.15. The summed E-state index contributed by atoms with van der Waals surface area (Å²) in [5.41, 5.74) is 0.836.